The fourth-order valence-electron chi connectivity index (χ4n) is 4.63. The molecule has 0 aromatic heterocycles. The van der Waals surface area contributed by atoms with E-state index in [1.54, 1.807) is 7.11 Å². The third-order valence-corrected chi connectivity index (χ3v) is 7.19. The van der Waals surface area contributed by atoms with Crippen LogP contribution >= 0.6 is 36.7 Å². The molecule has 0 atom stereocenters. The molecule has 222 valence electrons. The van der Waals surface area contributed by atoms with Crippen molar-refractivity contribution in [2.75, 3.05) is 97.7 Å². The molecule has 3 fully saturated rings. The highest BCUT2D eigenvalue weighted by molar-refractivity contribution is 7.80. The predicted octanol–water partition coefficient (Wildman–Crippen LogP) is -1.18. The van der Waals surface area contributed by atoms with Crippen LogP contribution in [0.1, 0.15) is 0 Å². The second-order valence-corrected chi connectivity index (χ2v) is 11.0. The van der Waals surface area contributed by atoms with Crippen LogP contribution in [-0.2, 0) is 4.74 Å². The number of isothiocyanates is 1. The molecule has 3 aliphatic rings. The van der Waals surface area contributed by atoms with Crippen LogP contribution in [0.2, 0.25) is 0 Å². The first-order chi connectivity index (χ1) is 19.5. The summed E-state index contributed by atoms with van der Waals surface area (Å²) in [6.07, 6.45) is 0. The molecule has 1 aromatic rings. The lowest BCUT2D eigenvalue weighted by Crippen LogP contribution is -2.69. The Balaban J connectivity index is 1.69. The molecule has 0 saturated carbocycles. The first kappa shape index (κ1) is 32.6. The number of thiocarbonyl (C=S) groups is 3. The van der Waals surface area contributed by atoms with E-state index in [4.69, 9.17) is 29.2 Å². The Labute approximate surface area is 253 Å². The summed E-state index contributed by atoms with van der Waals surface area (Å²) < 4.78 is 5.13. The lowest BCUT2D eigenvalue weighted by atomic mass is 9.97. The van der Waals surface area contributed by atoms with Crippen LogP contribution in [0.25, 0.3) is 0 Å². The SMILES string of the molecule is COCNC(=S)NC12CNCCNCC(NC(=S)Nc3ccc(N=C=S)cc3)(CNCCNC1)CNCCNC2. The van der Waals surface area contributed by atoms with E-state index in [1.165, 1.54) is 0 Å². The van der Waals surface area contributed by atoms with Crippen LogP contribution in [0.15, 0.2) is 29.3 Å². The lowest BCUT2D eigenvalue weighted by molar-refractivity contribution is 0.190. The van der Waals surface area contributed by atoms with Gasteiger partial charge in [0.15, 0.2) is 10.2 Å². The van der Waals surface area contributed by atoms with Crippen molar-refractivity contribution in [2.24, 2.45) is 4.99 Å². The van der Waals surface area contributed by atoms with Crippen molar-refractivity contribution in [1.82, 2.24) is 47.9 Å². The van der Waals surface area contributed by atoms with Crippen molar-refractivity contribution in [3.63, 3.8) is 0 Å². The van der Waals surface area contributed by atoms with Gasteiger partial charge in [0.1, 0.15) is 6.73 Å². The normalized spacial score (nSPS) is 24.9. The third kappa shape index (κ3) is 11.5. The Kier molecular flexibility index (Phi) is 14.5. The van der Waals surface area contributed by atoms with Gasteiger partial charge in [-0.15, -0.1) is 0 Å². The summed E-state index contributed by atoms with van der Waals surface area (Å²) in [5.41, 5.74) is 0.954. The van der Waals surface area contributed by atoms with E-state index in [-0.39, 0.29) is 11.1 Å². The van der Waals surface area contributed by atoms with Gasteiger partial charge in [-0.25, -0.2) is 0 Å². The minimum atomic E-state index is -0.357. The van der Waals surface area contributed by atoms with Gasteiger partial charge < -0.3 is 57.9 Å². The molecule has 12 nitrogen and oxygen atoms in total. The molecule has 0 amide bonds. The third-order valence-electron chi connectivity index (χ3n) is 6.65. The van der Waals surface area contributed by atoms with Crippen molar-refractivity contribution < 1.29 is 4.74 Å². The smallest absolute Gasteiger partial charge is 0.171 e. The van der Waals surface area contributed by atoms with E-state index >= 15 is 0 Å². The van der Waals surface area contributed by atoms with Crippen LogP contribution in [-0.4, -0.2) is 119 Å². The molecule has 1 aromatic carbocycles. The number of ether oxygens (including phenoxy) is 1. The van der Waals surface area contributed by atoms with E-state index in [9.17, 15) is 0 Å². The minimum absolute atomic E-state index is 0.316. The van der Waals surface area contributed by atoms with E-state index in [1.807, 2.05) is 24.3 Å². The minimum Gasteiger partial charge on any atom is -0.365 e. The zero-order chi connectivity index (χ0) is 28.5. The Bertz CT molecular complexity index is 932. The number of nitrogens with zero attached hydrogens (tertiary/aromatic N) is 1. The first-order valence-electron chi connectivity index (χ1n) is 13.5. The summed E-state index contributed by atoms with van der Waals surface area (Å²) in [6.45, 7) is 9.52. The number of aliphatic imine (C=N–C) groups is 1. The summed E-state index contributed by atoms with van der Waals surface area (Å²) in [5, 5.41) is 38.8. The van der Waals surface area contributed by atoms with Gasteiger partial charge in [0.05, 0.1) is 21.9 Å². The molecule has 0 spiro atoms. The number of nitrogens with one attached hydrogen (secondary N) is 10. The second-order valence-electron chi connectivity index (χ2n) is 10.0. The fraction of sp³-hybridized carbons (Fsp3) is 0.640. The van der Waals surface area contributed by atoms with Gasteiger partial charge in [-0.3, -0.25) is 0 Å². The second kappa shape index (κ2) is 17.8. The van der Waals surface area contributed by atoms with Gasteiger partial charge in [-0.2, -0.15) is 4.99 Å². The van der Waals surface area contributed by atoms with Crippen molar-refractivity contribution in [3.8, 4) is 0 Å². The summed E-state index contributed by atoms with van der Waals surface area (Å²) >= 11 is 16.0. The van der Waals surface area contributed by atoms with Gasteiger partial charge in [-0.05, 0) is 60.9 Å². The molecule has 40 heavy (non-hydrogen) atoms. The van der Waals surface area contributed by atoms with Crippen LogP contribution < -0.4 is 53.2 Å². The summed E-state index contributed by atoms with van der Waals surface area (Å²) in [6, 6.07) is 7.59. The highest BCUT2D eigenvalue weighted by Crippen LogP contribution is 2.16. The highest BCUT2D eigenvalue weighted by Gasteiger charge is 2.33. The summed E-state index contributed by atoms with van der Waals surface area (Å²) in [7, 11) is 1.64. The number of benzene rings is 1. The van der Waals surface area contributed by atoms with Gasteiger partial charge in [0.2, 0.25) is 0 Å². The van der Waals surface area contributed by atoms with Crippen LogP contribution in [0.5, 0.6) is 0 Å². The molecule has 4 rings (SSSR count). The van der Waals surface area contributed by atoms with Gasteiger partial charge in [-0.1, -0.05) is 0 Å². The maximum atomic E-state index is 5.76. The van der Waals surface area contributed by atoms with E-state index in [2.05, 4.69) is 75.5 Å². The highest BCUT2D eigenvalue weighted by atomic mass is 32.1. The van der Waals surface area contributed by atoms with Crippen LogP contribution in [0.4, 0.5) is 11.4 Å². The number of anilines is 1. The Morgan fingerprint density at radius 1 is 0.775 bits per heavy atom. The van der Waals surface area contributed by atoms with Crippen molar-refractivity contribution in [1.29, 1.82) is 0 Å². The summed E-state index contributed by atoms with van der Waals surface area (Å²) in [4.78, 5) is 4.00. The molecule has 3 saturated heterocycles. The quantitative estimate of drug-likeness (QED) is 0.107. The largest absolute Gasteiger partial charge is 0.365 e. The monoisotopic (exact) mass is 609 g/mol. The topological polar surface area (TPSA) is 142 Å². The Hall–Kier alpha value is -1.88. The number of hydrogen-bond donors (Lipinski definition) is 10. The number of methoxy groups -OCH3 is 1. The van der Waals surface area contributed by atoms with Crippen LogP contribution in [0.3, 0.4) is 0 Å². The van der Waals surface area contributed by atoms with Crippen molar-refractivity contribution in [3.05, 3.63) is 24.3 Å². The van der Waals surface area contributed by atoms with E-state index < -0.39 is 0 Å². The van der Waals surface area contributed by atoms with Crippen molar-refractivity contribution >= 4 is 63.4 Å². The molecule has 10 N–H and O–H groups in total. The number of hydrogen-bond acceptors (Lipinski definition) is 11. The standard InChI is InChI=1S/C25H43N11OS3/c1-37-18-32-22(39)35-24-12-26-6-9-29-15-25(16-30-10-7-27-13-24,17-31-11-8-28-14-24)36-23(40)34-21-4-2-20(3-5-21)33-19-38/h2-5,26-31H,6-18H2,1H3,(H2,32,35,39)(H2,34,36,40). The van der Waals surface area contributed by atoms with Gasteiger partial charge in [0.25, 0.3) is 0 Å². The summed E-state index contributed by atoms with van der Waals surface area (Å²) in [5.74, 6) is 0. The number of fused-ring (bicyclic) bond motifs is 15. The molecule has 0 unspecified atom stereocenters. The van der Waals surface area contributed by atoms with E-state index in [0.29, 0.717) is 36.6 Å². The zero-order valence-corrected chi connectivity index (χ0v) is 25.5. The molecule has 0 radical (unpaired) electrons. The average Bonchev–Trinajstić information content (AvgIpc) is 2.94. The average molecular weight is 610 g/mol. The first-order valence-corrected chi connectivity index (χ1v) is 14.8. The lowest BCUT2D eigenvalue weighted by Gasteiger charge is -2.39. The van der Waals surface area contributed by atoms with E-state index in [0.717, 1.165) is 70.3 Å². The molecule has 15 heteroatoms. The predicted molar refractivity (Wildman–Crippen MR) is 174 cm³/mol. The molecule has 3 aliphatic heterocycles. The molecule has 0 aliphatic carbocycles. The molecular formula is C25H43N11OS3. The van der Waals surface area contributed by atoms with Crippen LogP contribution in [0, 0.1) is 0 Å². The fourth-order valence-corrected chi connectivity index (χ4v) is 5.35. The van der Waals surface area contributed by atoms with Gasteiger partial charge in [0, 0.05) is 91.3 Å². The number of rotatable bonds is 6. The molecular weight excluding hydrogens is 567 g/mol. The molecule has 3 heterocycles. The van der Waals surface area contributed by atoms with Crippen molar-refractivity contribution in [2.45, 2.75) is 11.1 Å². The molecule has 2 bridgehead atoms. The van der Waals surface area contributed by atoms with Gasteiger partial charge >= 0.3 is 0 Å². The Morgan fingerprint density at radius 2 is 1.20 bits per heavy atom. The zero-order valence-electron chi connectivity index (χ0n) is 23.1. The Morgan fingerprint density at radius 3 is 1.60 bits per heavy atom. The maximum absolute atomic E-state index is 5.76. The maximum Gasteiger partial charge on any atom is 0.171 e.